The average Bonchev–Trinajstić information content (AvgIpc) is 3.16. The zero-order valence-electron chi connectivity index (χ0n) is 15.4. The number of imidazole rings is 1. The van der Waals surface area contributed by atoms with Gasteiger partial charge in [-0.25, -0.2) is 9.78 Å². The Bertz CT molecular complexity index is 835. The molecule has 0 unspecified atom stereocenters. The number of hydrogen-bond donors (Lipinski definition) is 1. The second-order valence-corrected chi connectivity index (χ2v) is 6.94. The molecule has 2 amide bonds. The van der Waals surface area contributed by atoms with Crippen molar-refractivity contribution in [1.29, 1.82) is 0 Å². The monoisotopic (exact) mass is 369 g/mol. The number of carbonyl (C=O) groups is 2. The van der Waals surface area contributed by atoms with Gasteiger partial charge >= 0.3 is 6.09 Å². The SMILES string of the molecule is COC(=O)N1CCCC[C@H]1C(=O)N1CCc2nc(-c3cccnc3)[nH]c2C1. The van der Waals surface area contributed by atoms with Gasteiger partial charge < -0.3 is 14.6 Å². The Morgan fingerprint density at radius 2 is 2.19 bits per heavy atom. The maximum Gasteiger partial charge on any atom is 0.410 e. The molecule has 1 atom stereocenters. The number of H-pyrrole nitrogens is 1. The summed E-state index contributed by atoms with van der Waals surface area (Å²) >= 11 is 0. The Morgan fingerprint density at radius 1 is 1.30 bits per heavy atom. The van der Waals surface area contributed by atoms with Crippen molar-refractivity contribution in [2.24, 2.45) is 0 Å². The third-order valence-electron chi connectivity index (χ3n) is 5.28. The van der Waals surface area contributed by atoms with Gasteiger partial charge in [-0.2, -0.15) is 0 Å². The molecule has 4 heterocycles. The molecule has 0 bridgehead atoms. The number of fused-ring (bicyclic) bond motifs is 1. The standard InChI is InChI=1S/C19H23N5O3/c1-27-19(26)24-9-3-2-6-16(24)18(25)23-10-7-14-15(12-23)22-17(21-14)13-5-4-8-20-11-13/h4-5,8,11,16H,2-3,6-7,9-10,12H2,1H3,(H,21,22)/t16-/m0/s1. The third kappa shape index (κ3) is 3.39. The summed E-state index contributed by atoms with van der Waals surface area (Å²) in [6.45, 7) is 1.65. The minimum atomic E-state index is -0.437. The lowest BCUT2D eigenvalue weighted by Crippen LogP contribution is -2.53. The quantitative estimate of drug-likeness (QED) is 0.874. The molecular weight excluding hydrogens is 346 g/mol. The summed E-state index contributed by atoms with van der Waals surface area (Å²) in [6.07, 6.45) is 6.29. The first-order valence-corrected chi connectivity index (χ1v) is 9.29. The number of piperidine rings is 1. The summed E-state index contributed by atoms with van der Waals surface area (Å²) < 4.78 is 4.86. The Morgan fingerprint density at radius 3 is 2.96 bits per heavy atom. The number of methoxy groups -OCH3 is 1. The van der Waals surface area contributed by atoms with E-state index in [0.717, 1.165) is 35.6 Å². The number of aromatic nitrogens is 3. The highest BCUT2D eigenvalue weighted by Gasteiger charge is 2.36. The minimum Gasteiger partial charge on any atom is -0.453 e. The molecule has 142 valence electrons. The van der Waals surface area contributed by atoms with E-state index in [-0.39, 0.29) is 5.91 Å². The molecule has 0 aliphatic carbocycles. The topological polar surface area (TPSA) is 91.4 Å². The number of pyridine rings is 1. The van der Waals surface area contributed by atoms with Crippen molar-refractivity contribution in [3.05, 3.63) is 35.9 Å². The van der Waals surface area contributed by atoms with Gasteiger partial charge in [0.05, 0.1) is 25.0 Å². The molecule has 1 N–H and O–H groups in total. The Kier molecular flexibility index (Phi) is 4.79. The maximum absolute atomic E-state index is 13.1. The molecule has 2 aliphatic heterocycles. The van der Waals surface area contributed by atoms with Crippen molar-refractivity contribution in [3.63, 3.8) is 0 Å². The predicted octanol–water partition coefficient (Wildman–Crippen LogP) is 1.98. The fourth-order valence-corrected chi connectivity index (χ4v) is 3.86. The Labute approximate surface area is 157 Å². The first-order valence-electron chi connectivity index (χ1n) is 9.29. The molecule has 0 spiro atoms. The van der Waals surface area contributed by atoms with Gasteiger partial charge in [-0.3, -0.25) is 14.7 Å². The molecule has 8 heteroatoms. The van der Waals surface area contributed by atoms with Crippen LogP contribution in [0.4, 0.5) is 4.79 Å². The smallest absolute Gasteiger partial charge is 0.410 e. The summed E-state index contributed by atoms with van der Waals surface area (Å²) in [7, 11) is 1.36. The van der Waals surface area contributed by atoms with Crippen LogP contribution >= 0.6 is 0 Å². The molecule has 1 saturated heterocycles. The van der Waals surface area contributed by atoms with Crippen molar-refractivity contribution >= 4 is 12.0 Å². The first kappa shape index (κ1) is 17.5. The number of aromatic amines is 1. The molecule has 8 nitrogen and oxygen atoms in total. The second kappa shape index (κ2) is 7.38. The molecule has 2 aromatic heterocycles. The van der Waals surface area contributed by atoms with Gasteiger partial charge in [-0.1, -0.05) is 0 Å². The average molecular weight is 369 g/mol. The lowest BCUT2D eigenvalue weighted by atomic mass is 10.0. The zero-order chi connectivity index (χ0) is 18.8. The van der Waals surface area contributed by atoms with Crippen LogP contribution in [0.25, 0.3) is 11.4 Å². The zero-order valence-corrected chi connectivity index (χ0v) is 15.4. The van der Waals surface area contributed by atoms with Crippen LogP contribution in [0.2, 0.25) is 0 Å². The molecule has 2 aliphatic rings. The number of nitrogens with one attached hydrogen (secondary N) is 1. The number of hydrogen-bond acceptors (Lipinski definition) is 5. The third-order valence-corrected chi connectivity index (χ3v) is 5.28. The fraction of sp³-hybridized carbons (Fsp3) is 0.474. The van der Waals surface area contributed by atoms with E-state index in [2.05, 4.69) is 15.0 Å². The van der Waals surface area contributed by atoms with Gasteiger partial charge in [0.1, 0.15) is 11.9 Å². The van der Waals surface area contributed by atoms with Gasteiger partial charge in [-0.15, -0.1) is 0 Å². The highest BCUT2D eigenvalue weighted by Crippen LogP contribution is 2.25. The number of ether oxygens (including phenoxy) is 1. The van der Waals surface area contributed by atoms with E-state index in [1.807, 2.05) is 17.0 Å². The molecule has 27 heavy (non-hydrogen) atoms. The number of likely N-dealkylation sites (tertiary alicyclic amines) is 1. The predicted molar refractivity (Wildman–Crippen MR) is 97.7 cm³/mol. The van der Waals surface area contributed by atoms with Crippen molar-refractivity contribution < 1.29 is 14.3 Å². The second-order valence-electron chi connectivity index (χ2n) is 6.94. The van der Waals surface area contributed by atoms with E-state index >= 15 is 0 Å². The van der Waals surface area contributed by atoms with Crippen LogP contribution in [0.1, 0.15) is 30.7 Å². The van der Waals surface area contributed by atoms with Gasteiger partial charge in [0.25, 0.3) is 0 Å². The normalized spacial score (nSPS) is 19.5. The summed E-state index contributed by atoms with van der Waals surface area (Å²) in [6, 6.07) is 3.39. The highest BCUT2D eigenvalue weighted by atomic mass is 16.5. The van der Waals surface area contributed by atoms with E-state index in [9.17, 15) is 9.59 Å². The molecule has 2 aromatic rings. The maximum atomic E-state index is 13.1. The van der Waals surface area contributed by atoms with Gasteiger partial charge in [-0.05, 0) is 31.4 Å². The molecule has 1 fully saturated rings. The number of amides is 2. The highest BCUT2D eigenvalue weighted by molar-refractivity contribution is 5.86. The van der Waals surface area contributed by atoms with Gasteiger partial charge in [0, 0.05) is 37.5 Å². The summed E-state index contributed by atoms with van der Waals surface area (Å²) in [4.78, 5) is 40.6. The van der Waals surface area contributed by atoms with E-state index < -0.39 is 12.1 Å². The number of nitrogens with zero attached hydrogens (tertiary/aromatic N) is 4. The number of carbonyl (C=O) groups excluding carboxylic acids is 2. The minimum absolute atomic E-state index is 0.0109. The van der Waals surface area contributed by atoms with Crippen LogP contribution in [0.15, 0.2) is 24.5 Å². The summed E-state index contributed by atoms with van der Waals surface area (Å²) in [5.74, 6) is 0.763. The lowest BCUT2D eigenvalue weighted by molar-refractivity contribution is -0.138. The van der Waals surface area contributed by atoms with Crippen molar-refractivity contribution in [1.82, 2.24) is 24.8 Å². The lowest BCUT2D eigenvalue weighted by Gasteiger charge is -2.37. The number of rotatable bonds is 2. The largest absolute Gasteiger partial charge is 0.453 e. The molecule has 0 saturated carbocycles. The van der Waals surface area contributed by atoms with E-state index in [4.69, 9.17) is 4.74 Å². The van der Waals surface area contributed by atoms with Crippen LogP contribution in [0.5, 0.6) is 0 Å². The Balaban J connectivity index is 1.51. The van der Waals surface area contributed by atoms with Crippen molar-refractivity contribution in [2.75, 3.05) is 20.2 Å². The molecule has 0 aromatic carbocycles. The van der Waals surface area contributed by atoms with Crippen LogP contribution in [0, 0.1) is 0 Å². The first-order chi connectivity index (χ1) is 13.2. The van der Waals surface area contributed by atoms with E-state index in [0.29, 0.717) is 32.5 Å². The van der Waals surface area contributed by atoms with E-state index in [1.54, 1.807) is 17.3 Å². The van der Waals surface area contributed by atoms with E-state index in [1.165, 1.54) is 7.11 Å². The van der Waals surface area contributed by atoms with Crippen molar-refractivity contribution in [3.8, 4) is 11.4 Å². The fourth-order valence-electron chi connectivity index (χ4n) is 3.86. The molecule has 4 rings (SSSR count). The van der Waals surface area contributed by atoms with Crippen LogP contribution in [0.3, 0.4) is 0 Å². The van der Waals surface area contributed by atoms with Gasteiger partial charge in [0.15, 0.2) is 0 Å². The molecular formula is C19H23N5O3. The summed E-state index contributed by atoms with van der Waals surface area (Å²) in [5.41, 5.74) is 2.87. The van der Waals surface area contributed by atoms with Crippen LogP contribution in [-0.4, -0.2) is 63.0 Å². The van der Waals surface area contributed by atoms with Crippen LogP contribution < -0.4 is 0 Å². The van der Waals surface area contributed by atoms with Gasteiger partial charge in [0.2, 0.25) is 5.91 Å². The van der Waals surface area contributed by atoms with Crippen molar-refractivity contribution in [2.45, 2.75) is 38.3 Å². The van der Waals surface area contributed by atoms with Crippen LogP contribution in [-0.2, 0) is 22.5 Å². The Hall–Kier alpha value is -2.90. The summed E-state index contributed by atoms with van der Waals surface area (Å²) in [5, 5.41) is 0. The molecule has 0 radical (unpaired) electrons.